The van der Waals surface area contributed by atoms with E-state index in [4.69, 9.17) is 10.2 Å². The maximum atomic E-state index is 13.2. The number of halogens is 2. The lowest BCUT2D eigenvalue weighted by Gasteiger charge is -2.22. The van der Waals surface area contributed by atoms with E-state index >= 15 is 0 Å². The zero-order valence-corrected chi connectivity index (χ0v) is 8.32. The Labute approximate surface area is 86.6 Å². The normalized spacial score (nSPS) is 12.6. The minimum atomic E-state index is -0.974. The number of hydrogen-bond acceptors (Lipinski definition) is 3. The summed E-state index contributed by atoms with van der Waals surface area (Å²) < 4.78 is 26.0. The van der Waals surface area contributed by atoms with Gasteiger partial charge in [-0.3, -0.25) is 0 Å². The average Bonchev–Trinajstić information content (AvgIpc) is 2.21. The van der Waals surface area contributed by atoms with Gasteiger partial charge < -0.3 is 15.1 Å². The molecule has 0 saturated carbocycles. The van der Waals surface area contributed by atoms with Crippen LogP contribution in [0.25, 0.3) is 0 Å². The van der Waals surface area contributed by atoms with Gasteiger partial charge in [-0.15, -0.1) is 0 Å². The summed E-state index contributed by atoms with van der Waals surface area (Å²) >= 11 is 0. The number of hydrogen-bond donors (Lipinski definition) is 2. The van der Waals surface area contributed by atoms with Gasteiger partial charge in [0.15, 0.2) is 0 Å². The van der Waals surface area contributed by atoms with Gasteiger partial charge in [0.25, 0.3) is 0 Å². The van der Waals surface area contributed by atoms with Gasteiger partial charge in [-0.1, -0.05) is 0 Å². The van der Waals surface area contributed by atoms with E-state index in [1.54, 1.807) is 0 Å². The smallest absolute Gasteiger partial charge is 0.146 e. The van der Waals surface area contributed by atoms with Crippen molar-refractivity contribution in [1.82, 2.24) is 0 Å². The SMILES string of the molecule is CN(CC(O)CO)c1cc(F)ccc1F. The Balaban J connectivity index is 2.80. The van der Waals surface area contributed by atoms with Crippen LogP contribution in [-0.4, -0.2) is 36.5 Å². The third kappa shape index (κ3) is 3.14. The fourth-order valence-corrected chi connectivity index (χ4v) is 1.25. The number of benzene rings is 1. The molecule has 0 bridgehead atoms. The maximum absolute atomic E-state index is 13.2. The molecular formula is C10H13F2NO2. The second kappa shape index (κ2) is 5.04. The van der Waals surface area contributed by atoms with Crippen LogP contribution in [0.4, 0.5) is 14.5 Å². The number of likely N-dealkylation sites (N-methyl/N-ethyl adjacent to an activating group) is 1. The van der Waals surface area contributed by atoms with E-state index in [9.17, 15) is 8.78 Å². The first-order chi connectivity index (χ1) is 7.04. The summed E-state index contributed by atoms with van der Waals surface area (Å²) in [6, 6.07) is 3.08. The van der Waals surface area contributed by atoms with E-state index in [-0.39, 0.29) is 12.2 Å². The monoisotopic (exact) mass is 217 g/mol. The molecular weight excluding hydrogens is 204 g/mol. The molecule has 1 rings (SSSR count). The van der Waals surface area contributed by atoms with Gasteiger partial charge in [-0.25, -0.2) is 8.78 Å². The highest BCUT2D eigenvalue weighted by molar-refractivity contribution is 5.47. The van der Waals surface area contributed by atoms with Crippen molar-refractivity contribution in [3.63, 3.8) is 0 Å². The minimum Gasteiger partial charge on any atom is -0.394 e. The van der Waals surface area contributed by atoms with Crippen LogP contribution in [0.3, 0.4) is 0 Å². The largest absolute Gasteiger partial charge is 0.394 e. The summed E-state index contributed by atoms with van der Waals surface area (Å²) in [4.78, 5) is 1.35. The highest BCUT2D eigenvalue weighted by Crippen LogP contribution is 2.19. The van der Waals surface area contributed by atoms with E-state index in [0.717, 1.165) is 18.2 Å². The first-order valence-electron chi connectivity index (χ1n) is 4.49. The van der Waals surface area contributed by atoms with E-state index in [0.29, 0.717) is 0 Å². The highest BCUT2D eigenvalue weighted by Gasteiger charge is 2.12. The lowest BCUT2D eigenvalue weighted by atomic mass is 10.2. The maximum Gasteiger partial charge on any atom is 0.146 e. The average molecular weight is 217 g/mol. The Hall–Kier alpha value is -1.20. The lowest BCUT2D eigenvalue weighted by Crippen LogP contribution is -2.31. The molecule has 0 saturated heterocycles. The van der Waals surface area contributed by atoms with Crippen molar-refractivity contribution in [2.24, 2.45) is 0 Å². The van der Waals surface area contributed by atoms with Crippen LogP contribution in [0.15, 0.2) is 18.2 Å². The molecule has 1 unspecified atom stereocenters. The molecule has 1 atom stereocenters. The highest BCUT2D eigenvalue weighted by atomic mass is 19.1. The first-order valence-corrected chi connectivity index (χ1v) is 4.49. The number of aliphatic hydroxyl groups excluding tert-OH is 2. The molecule has 5 heteroatoms. The van der Waals surface area contributed by atoms with Crippen LogP contribution in [0.1, 0.15) is 0 Å². The van der Waals surface area contributed by atoms with Crippen LogP contribution < -0.4 is 4.90 Å². The van der Waals surface area contributed by atoms with Gasteiger partial charge >= 0.3 is 0 Å². The summed E-state index contributed by atoms with van der Waals surface area (Å²) in [6.45, 7) is -0.377. The molecule has 0 radical (unpaired) electrons. The Morgan fingerprint density at radius 2 is 2.07 bits per heavy atom. The van der Waals surface area contributed by atoms with Gasteiger partial charge in [-0.2, -0.15) is 0 Å². The topological polar surface area (TPSA) is 43.7 Å². The summed E-state index contributed by atoms with van der Waals surface area (Å²) in [5.41, 5.74) is 0.0579. The van der Waals surface area contributed by atoms with Crippen molar-refractivity contribution in [2.45, 2.75) is 6.10 Å². The Morgan fingerprint density at radius 3 is 2.67 bits per heavy atom. The predicted molar refractivity (Wildman–Crippen MR) is 52.7 cm³/mol. The zero-order valence-electron chi connectivity index (χ0n) is 8.32. The van der Waals surface area contributed by atoms with E-state index in [2.05, 4.69) is 0 Å². The van der Waals surface area contributed by atoms with E-state index < -0.39 is 24.3 Å². The van der Waals surface area contributed by atoms with Crippen LogP contribution in [0.2, 0.25) is 0 Å². The molecule has 2 N–H and O–H groups in total. The molecule has 0 aliphatic carbocycles. The van der Waals surface area contributed by atoms with Crippen molar-refractivity contribution in [1.29, 1.82) is 0 Å². The lowest BCUT2D eigenvalue weighted by molar-refractivity contribution is 0.101. The molecule has 0 aliphatic rings. The van der Waals surface area contributed by atoms with Crippen molar-refractivity contribution >= 4 is 5.69 Å². The van der Waals surface area contributed by atoms with Crippen molar-refractivity contribution < 1.29 is 19.0 Å². The van der Waals surface area contributed by atoms with Crippen LogP contribution in [0, 0.1) is 11.6 Å². The Bertz CT molecular complexity index is 333. The van der Waals surface area contributed by atoms with Crippen molar-refractivity contribution in [3.8, 4) is 0 Å². The molecule has 0 spiro atoms. The number of nitrogens with zero attached hydrogens (tertiary/aromatic N) is 1. The Kier molecular flexibility index (Phi) is 3.99. The third-order valence-corrected chi connectivity index (χ3v) is 2.01. The Morgan fingerprint density at radius 1 is 1.40 bits per heavy atom. The fraction of sp³-hybridized carbons (Fsp3) is 0.400. The standard InChI is InChI=1S/C10H13F2NO2/c1-13(5-8(15)6-14)10-4-7(11)2-3-9(10)12/h2-4,8,14-15H,5-6H2,1H3. The second-order valence-corrected chi connectivity index (χ2v) is 3.31. The summed E-state index contributed by atoms with van der Waals surface area (Å²) in [6.07, 6.45) is -0.974. The number of anilines is 1. The summed E-state index contributed by atoms with van der Waals surface area (Å²) in [7, 11) is 1.51. The van der Waals surface area contributed by atoms with Crippen LogP contribution in [-0.2, 0) is 0 Å². The van der Waals surface area contributed by atoms with E-state index in [1.165, 1.54) is 11.9 Å². The molecule has 0 amide bonds. The molecule has 0 aromatic heterocycles. The first kappa shape index (κ1) is 11.9. The van der Waals surface area contributed by atoms with Gasteiger partial charge in [-0.05, 0) is 12.1 Å². The van der Waals surface area contributed by atoms with Gasteiger partial charge in [0, 0.05) is 19.7 Å². The molecule has 15 heavy (non-hydrogen) atoms. The van der Waals surface area contributed by atoms with Gasteiger partial charge in [0.2, 0.25) is 0 Å². The predicted octanol–water partition coefficient (Wildman–Crippen LogP) is 0.754. The molecule has 0 aliphatic heterocycles. The summed E-state index contributed by atoms with van der Waals surface area (Å²) in [5.74, 6) is -1.11. The minimum absolute atomic E-state index is 0.0386. The molecule has 1 aromatic carbocycles. The van der Waals surface area contributed by atoms with Crippen molar-refractivity contribution in [3.05, 3.63) is 29.8 Å². The molecule has 3 nitrogen and oxygen atoms in total. The van der Waals surface area contributed by atoms with Crippen molar-refractivity contribution in [2.75, 3.05) is 25.1 Å². The molecule has 0 fully saturated rings. The summed E-state index contributed by atoms with van der Waals surface area (Å²) in [5, 5.41) is 17.8. The molecule has 0 heterocycles. The molecule has 1 aromatic rings. The molecule has 84 valence electrons. The zero-order chi connectivity index (χ0) is 11.4. The van der Waals surface area contributed by atoms with Gasteiger partial charge in [0.05, 0.1) is 18.4 Å². The van der Waals surface area contributed by atoms with Crippen LogP contribution in [0.5, 0.6) is 0 Å². The number of rotatable bonds is 4. The third-order valence-electron chi connectivity index (χ3n) is 2.01. The quantitative estimate of drug-likeness (QED) is 0.782. The van der Waals surface area contributed by atoms with Gasteiger partial charge in [0.1, 0.15) is 11.6 Å². The van der Waals surface area contributed by atoms with E-state index in [1.807, 2.05) is 0 Å². The number of aliphatic hydroxyl groups is 2. The van der Waals surface area contributed by atoms with Crippen LogP contribution >= 0.6 is 0 Å². The second-order valence-electron chi connectivity index (χ2n) is 3.31. The fourth-order valence-electron chi connectivity index (χ4n) is 1.25.